The summed E-state index contributed by atoms with van der Waals surface area (Å²) in [5, 5.41) is 3.23. The van der Waals surface area contributed by atoms with Crippen molar-refractivity contribution in [2.45, 2.75) is 13.0 Å². The van der Waals surface area contributed by atoms with E-state index in [1.807, 2.05) is 29.8 Å². The molecule has 1 atom stereocenters. The van der Waals surface area contributed by atoms with Crippen LogP contribution in [0.4, 0.5) is 0 Å². The van der Waals surface area contributed by atoms with Gasteiger partial charge < -0.3 is 10.2 Å². The Morgan fingerprint density at radius 2 is 2.20 bits per heavy atom. The third-order valence-corrected chi connectivity index (χ3v) is 2.89. The van der Waals surface area contributed by atoms with Crippen molar-refractivity contribution in [2.75, 3.05) is 39.8 Å². The van der Waals surface area contributed by atoms with Crippen LogP contribution in [-0.4, -0.2) is 61.5 Å². The molecule has 1 fully saturated rings. The van der Waals surface area contributed by atoms with Gasteiger partial charge in [0.15, 0.2) is 0 Å². The van der Waals surface area contributed by atoms with Gasteiger partial charge in [-0.3, -0.25) is 9.69 Å². The number of nitrogens with one attached hydrogen (secondary N) is 1. The Labute approximate surface area is 91.9 Å². The molecule has 0 aromatic rings. The monoisotopic (exact) mass is 211 g/mol. The third-order valence-electron chi connectivity index (χ3n) is 2.89. The van der Waals surface area contributed by atoms with Crippen molar-refractivity contribution < 1.29 is 4.79 Å². The summed E-state index contributed by atoms with van der Waals surface area (Å²) in [6, 6.07) is 0.247. The average molecular weight is 211 g/mol. The van der Waals surface area contributed by atoms with Crippen LogP contribution in [0.2, 0.25) is 0 Å². The van der Waals surface area contributed by atoms with Crippen LogP contribution >= 0.6 is 0 Å². The van der Waals surface area contributed by atoms with Crippen molar-refractivity contribution in [3.05, 3.63) is 12.7 Å². The maximum atomic E-state index is 11.9. The first-order valence-electron chi connectivity index (χ1n) is 5.46. The van der Waals surface area contributed by atoms with Crippen LogP contribution in [0.1, 0.15) is 6.92 Å². The van der Waals surface area contributed by atoms with Gasteiger partial charge in [-0.05, 0) is 14.0 Å². The molecule has 4 nitrogen and oxygen atoms in total. The van der Waals surface area contributed by atoms with Crippen molar-refractivity contribution in [1.29, 1.82) is 0 Å². The molecular formula is C11H21N3O. The zero-order valence-corrected chi connectivity index (χ0v) is 9.70. The fourth-order valence-corrected chi connectivity index (χ4v) is 1.55. The van der Waals surface area contributed by atoms with Crippen LogP contribution in [0.15, 0.2) is 12.7 Å². The number of piperazine rings is 1. The maximum Gasteiger partial charge on any atom is 0.236 e. The minimum Gasteiger partial charge on any atom is -0.339 e. The highest BCUT2D eigenvalue weighted by Gasteiger charge is 2.18. The van der Waals surface area contributed by atoms with Gasteiger partial charge in [0.25, 0.3) is 0 Å². The average Bonchev–Trinajstić information content (AvgIpc) is 2.29. The summed E-state index contributed by atoms with van der Waals surface area (Å²) in [4.78, 5) is 15.8. The molecule has 1 heterocycles. The normalized spacial score (nSPS) is 19.0. The van der Waals surface area contributed by atoms with E-state index in [0.29, 0.717) is 6.54 Å². The third kappa shape index (κ3) is 3.64. The zero-order chi connectivity index (χ0) is 11.3. The van der Waals surface area contributed by atoms with Gasteiger partial charge in [0.2, 0.25) is 5.91 Å². The van der Waals surface area contributed by atoms with Crippen LogP contribution in [0.3, 0.4) is 0 Å². The molecule has 1 amide bonds. The van der Waals surface area contributed by atoms with Crippen LogP contribution in [0.25, 0.3) is 0 Å². The second-order valence-corrected chi connectivity index (χ2v) is 4.02. The molecule has 1 rings (SSSR count). The summed E-state index contributed by atoms with van der Waals surface area (Å²) >= 11 is 0. The number of hydrogen-bond donors (Lipinski definition) is 1. The molecule has 4 heteroatoms. The van der Waals surface area contributed by atoms with Crippen molar-refractivity contribution in [2.24, 2.45) is 0 Å². The van der Waals surface area contributed by atoms with Gasteiger partial charge in [0.05, 0.1) is 6.54 Å². The number of amides is 1. The van der Waals surface area contributed by atoms with Gasteiger partial charge in [-0.15, -0.1) is 6.58 Å². The molecule has 0 aromatic heterocycles. The number of carbonyl (C=O) groups is 1. The van der Waals surface area contributed by atoms with Crippen LogP contribution in [0, 0.1) is 0 Å². The Balaban J connectivity index is 2.36. The highest BCUT2D eigenvalue weighted by molar-refractivity contribution is 5.78. The van der Waals surface area contributed by atoms with Gasteiger partial charge in [0, 0.05) is 32.2 Å². The Morgan fingerprint density at radius 3 is 2.73 bits per heavy atom. The topological polar surface area (TPSA) is 35.6 Å². The van der Waals surface area contributed by atoms with Gasteiger partial charge >= 0.3 is 0 Å². The van der Waals surface area contributed by atoms with Gasteiger partial charge in [-0.2, -0.15) is 0 Å². The number of nitrogens with zero attached hydrogens (tertiary/aromatic N) is 2. The van der Waals surface area contributed by atoms with Gasteiger partial charge in [-0.25, -0.2) is 0 Å². The summed E-state index contributed by atoms with van der Waals surface area (Å²) in [5.41, 5.74) is 0. The van der Waals surface area contributed by atoms with Crippen molar-refractivity contribution in [3.63, 3.8) is 0 Å². The van der Waals surface area contributed by atoms with E-state index >= 15 is 0 Å². The van der Waals surface area contributed by atoms with Gasteiger partial charge in [0.1, 0.15) is 0 Å². The molecule has 0 spiro atoms. The van der Waals surface area contributed by atoms with Crippen molar-refractivity contribution in [3.8, 4) is 0 Å². The van der Waals surface area contributed by atoms with Crippen LogP contribution < -0.4 is 5.32 Å². The molecule has 0 radical (unpaired) electrons. The number of rotatable bonds is 4. The number of likely N-dealkylation sites (N-methyl/N-ethyl adjacent to an activating group) is 1. The lowest BCUT2D eigenvalue weighted by atomic mass is 10.3. The van der Waals surface area contributed by atoms with E-state index in [-0.39, 0.29) is 11.9 Å². The molecule has 15 heavy (non-hydrogen) atoms. The van der Waals surface area contributed by atoms with E-state index in [1.54, 1.807) is 0 Å². The second kappa shape index (κ2) is 5.88. The lowest BCUT2D eigenvalue weighted by Crippen LogP contribution is -2.49. The van der Waals surface area contributed by atoms with Gasteiger partial charge in [-0.1, -0.05) is 6.08 Å². The van der Waals surface area contributed by atoms with E-state index in [0.717, 1.165) is 26.2 Å². The quantitative estimate of drug-likeness (QED) is 0.661. The molecular weight excluding hydrogens is 190 g/mol. The lowest BCUT2D eigenvalue weighted by molar-refractivity contribution is -0.132. The van der Waals surface area contributed by atoms with Crippen LogP contribution in [0.5, 0.6) is 0 Å². The van der Waals surface area contributed by atoms with Crippen molar-refractivity contribution >= 4 is 5.91 Å². The van der Waals surface area contributed by atoms with E-state index in [1.165, 1.54) is 0 Å². The predicted molar refractivity (Wildman–Crippen MR) is 61.7 cm³/mol. The van der Waals surface area contributed by atoms with Crippen LogP contribution in [-0.2, 0) is 4.79 Å². The number of hydrogen-bond acceptors (Lipinski definition) is 3. The Hall–Kier alpha value is -0.870. The first kappa shape index (κ1) is 12.2. The standard InChI is InChI=1S/C11H21N3O/c1-4-10(2)13(3)9-11(15)14-7-5-12-6-8-14/h4,10,12H,1,5-9H2,2-3H3. The molecule has 0 bridgehead atoms. The first-order valence-corrected chi connectivity index (χ1v) is 5.46. The molecule has 1 unspecified atom stereocenters. The fraction of sp³-hybridized carbons (Fsp3) is 0.727. The summed E-state index contributed by atoms with van der Waals surface area (Å²) in [6.07, 6.45) is 1.85. The molecule has 1 N–H and O–H groups in total. The summed E-state index contributed by atoms with van der Waals surface area (Å²) < 4.78 is 0. The van der Waals surface area contributed by atoms with Crippen molar-refractivity contribution in [1.82, 2.24) is 15.1 Å². The summed E-state index contributed by atoms with van der Waals surface area (Å²) in [6.45, 7) is 9.72. The minimum atomic E-state index is 0.215. The zero-order valence-electron chi connectivity index (χ0n) is 9.70. The van der Waals surface area contributed by atoms with E-state index < -0.39 is 0 Å². The molecule has 1 aliphatic rings. The Morgan fingerprint density at radius 1 is 1.60 bits per heavy atom. The van der Waals surface area contributed by atoms with E-state index in [9.17, 15) is 4.79 Å². The maximum absolute atomic E-state index is 11.9. The van der Waals surface area contributed by atoms with E-state index in [2.05, 4.69) is 11.9 Å². The first-order chi connectivity index (χ1) is 7.15. The molecule has 86 valence electrons. The summed E-state index contributed by atoms with van der Waals surface area (Å²) in [5.74, 6) is 0.215. The lowest BCUT2D eigenvalue weighted by Gasteiger charge is -2.30. The summed E-state index contributed by atoms with van der Waals surface area (Å²) in [7, 11) is 1.95. The predicted octanol–water partition coefficient (Wildman–Crippen LogP) is -0.0755. The fourth-order valence-electron chi connectivity index (χ4n) is 1.55. The molecule has 1 aliphatic heterocycles. The molecule has 0 aliphatic carbocycles. The Kier molecular flexibility index (Phi) is 4.78. The van der Waals surface area contributed by atoms with E-state index in [4.69, 9.17) is 0 Å². The molecule has 0 saturated carbocycles. The number of carbonyl (C=O) groups excluding carboxylic acids is 1. The largest absolute Gasteiger partial charge is 0.339 e. The highest BCUT2D eigenvalue weighted by Crippen LogP contribution is 1.99. The smallest absolute Gasteiger partial charge is 0.236 e. The Bertz CT molecular complexity index is 224. The second-order valence-electron chi connectivity index (χ2n) is 4.02. The molecule has 1 saturated heterocycles. The minimum absolute atomic E-state index is 0.215. The highest BCUT2D eigenvalue weighted by atomic mass is 16.2. The molecule has 0 aromatic carbocycles. The SMILES string of the molecule is C=CC(C)N(C)CC(=O)N1CCNCC1.